The van der Waals surface area contributed by atoms with E-state index >= 15 is 0 Å². The summed E-state index contributed by atoms with van der Waals surface area (Å²) in [5.41, 5.74) is 2.00. The van der Waals surface area contributed by atoms with Crippen LogP contribution in [0.25, 0.3) is 0 Å². The number of carbonyl (C=O) groups is 1. The molecule has 0 atom stereocenters. The Kier molecular flexibility index (Phi) is 3.35. The van der Waals surface area contributed by atoms with E-state index in [0.717, 1.165) is 5.69 Å². The number of nitrogens with one attached hydrogen (secondary N) is 1. The van der Waals surface area contributed by atoms with Gasteiger partial charge in [-0.1, -0.05) is 11.6 Å². The summed E-state index contributed by atoms with van der Waals surface area (Å²) < 4.78 is 0. The lowest BCUT2D eigenvalue weighted by molar-refractivity contribution is 0.102. The van der Waals surface area contributed by atoms with Gasteiger partial charge in [-0.2, -0.15) is 0 Å². The Balaban J connectivity index is 2.11. The zero-order valence-corrected chi connectivity index (χ0v) is 9.90. The van der Waals surface area contributed by atoms with Gasteiger partial charge < -0.3 is 5.32 Å². The van der Waals surface area contributed by atoms with Crippen molar-refractivity contribution in [3.63, 3.8) is 0 Å². The Bertz CT molecular complexity index is 522. The predicted molar refractivity (Wildman–Crippen MR) is 66.2 cm³/mol. The summed E-state index contributed by atoms with van der Waals surface area (Å²) in [5, 5.41) is 3.08. The van der Waals surface area contributed by atoms with Crippen molar-refractivity contribution in [3.05, 3.63) is 53.1 Å². The fraction of sp³-hybridized carbons (Fsp3) is 0.0833. The molecule has 86 valence electrons. The van der Waals surface area contributed by atoms with Crippen molar-refractivity contribution in [2.24, 2.45) is 0 Å². The number of hydrogen-bond acceptors (Lipinski definition) is 3. The lowest BCUT2D eigenvalue weighted by atomic mass is 10.2. The largest absolute Gasteiger partial charge is 0.321 e. The zero-order chi connectivity index (χ0) is 12.3. The Morgan fingerprint density at radius 1 is 1.18 bits per heavy atom. The van der Waals surface area contributed by atoms with Crippen molar-refractivity contribution < 1.29 is 4.79 Å². The van der Waals surface area contributed by atoms with Crippen molar-refractivity contribution in [2.45, 2.75) is 6.92 Å². The summed E-state index contributed by atoms with van der Waals surface area (Å²) in [6.45, 7) is 1.88. The van der Waals surface area contributed by atoms with Crippen molar-refractivity contribution >= 4 is 23.2 Å². The third kappa shape index (κ3) is 3.01. The Morgan fingerprint density at radius 2 is 2.00 bits per heavy atom. The molecule has 0 aliphatic carbocycles. The molecule has 2 aromatic rings. The summed E-state index contributed by atoms with van der Waals surface area (Å²) in [6.07, 6.45) is 3.04. The van der Waals surface area contributed by atoms with Crippen LogP contribution in [0.1, 0.15) is 16.1 Å². The van der Waals surface area contributed by atoms with Crippen LogP contribution in [0, 0.1) is 6.92 Å². The molecular formula is C12H10ClN3O. The van der Waals surface area contributed by atoms with Gasteiger partial charge in [0.25, 0.3) is 5.91 Å². The summed E-state index contributed by atoms with van der Waals surface area (Å²) >= 11 is 5.64. The maximum atomic E-state index is 11.8. The first-order valence-electron chi connectivity index (χ1n) is 5.01. The molecule has 17 heavy (non-hydrogen) atoms. The number of nitrogens with zero attached hydrogens (tertiary/aromatic N) is 2. The SMILES string of the molecule is Cc1ccc(NC(=O)c2ccc(Cl)nc2)cn1. The molecule has 0 fully saturated rings. The van der Waals surface area contributed by atoms with Gasteiger partial charge in [0.15, 0.2) is 0 Å². The molecule has 0 unspecified atom stereocenters. The number of amides is 1. The van der Waals surface area contributed by atoms with Crippen LogP contribution in [0.3, 0.4) is 0 Å². The van der Waals surface area contributed by atoms with Crippen LogP contribution in [0.4, 0.5) is 5.69 Å². The average molecular weight is 248 g/mol. The van der Waals surface area contributed by atoms with Crippen LogP contribution in [0.15, 0.2) is 36.7 Å². The minimum absolute atomic E-state index is 0.236. The molecule has 1 amide bonds. The lowest BCUT2D eigenvalue weighted by Crippen LogP contribution is -2.12. The molecule has 0 aromatic carbocycles. The number of aromatic nitrogens is 2. The lowest BCUT2D eigenvalue weighted by Gasteiger charge is -2.04. The molecule has 5 heteroatoms. The first-order valence-corrected chi connectivity index (χ1v) is 5.38. The third-order valence-corrected chi connectivity index (χ3v) is 2.38. The van der Waals surface area contributed by atoms with Gasteiger partial charge in [0.1, 0.15) is 5.15 Å². The van der Waals surface area contributed by atoms with Crippen molar-refractivity contribution in [3.8, 4) is 0 Å². The van der Waals surface area contributed by atoms with Crippen molar-refractivity contribution in [1.82, 2.24) is 9.97 Å². The van der Waals surface area contributed by atoms with Crippen LogP contribution in [0.5, 0.6) is 0 Å². The van der Waals surface area contributed by atoms with E-state index in [1.54, 1.807) is 24.4 Å². The molecule has 4 nitrogen and oxygen atoms in total. The number of carbonyl (C=O) groups excluding carboxylic acids is 1. The van der Waals surface area contributed by atoms with Gasteiger partial charge in [-0.05, 0) is 31.2 Å². The molecule has 0 aliphatic rings. The molecule has 0 spiro atoms. The van der Waals surface area contributed by atoms with E-state index in [0.29, 0.717) is 16.4 Å². The summed E-state index contributed by atoms with van der Waals surface area (Å²) in [6, 6.07) is 6.81. The quantitative estimate of drug-likeness (QED) is 0.830. The number of hydrogen-bond donors (Lipinski definition) is 1. The number of pyridine rings is 2. The molecule has 0 bridgehead atoms. The van der Waals surface area contributed by atoms with Gasteiger partial charge >= 0.3 is 0 Å². The van der Waals surface area contributed by atoms with E-state index in [-0.39, 0.29) is 5.91 Å². The molecule has 0 aliphatic heterocycles. The van der Waals surface area contributed by atoms with Gasteiger partial charge in [0.05, 0.1) is 17.4 Å². The van der Waals surface area contributed by atoms with Crippen LogP contribution < -0.4 is 5.32 Å². The average Bonchev–Trinajstić information content (AvgIpc) is 2.33. The van der Waals surface area contributed by atoms with E-state index in [4.69, 9.17) is 11.6 Å². The summed E-state index contributed by atoms with van der Waals surface area (Å²) in [5.74, 6) is -0.236. The Hall–Kier alpha value is -1.94. The summed E-state index contributed by atoms with van der Waals surface area (Å²) in [4.78, 5) is 19.7. The highest BCUT2D eigenvalue weighted by molar-refractivity contribution is 6.29. The second kappa shape index (κ2) is 4.93. The maximum Gasteiger partial charge on any atom is 0.257 e. The smallest absolute Gasteiger partial charge is 0.257 e. The minimum Gasteiger partial charge on any atom is -0.321 e. The van der Waals surface area contributed by atoms with E-state index in [1.165, 1.54) is 6.20 Å². The zero-order valence-electron chi connectivity index (χ0n) is 9.14. The monoisotopic (exact) mass is 247 g/mol. The van der Waals surface area contributed by atoms with Crippen LogP contribution in [0.2, 0.25) is 5.15 Å². The first kappa shape index (κ1) is 11.5. The van der Waals surface area contributed by atoms with Gasteiger partial charge in [-0.15, -0.1) is 0 Å². The van der Waals surface area contributed by atoms with Crippen molar-refractivity contribution in [2.75, 3.05) is 5.32 Å². The van der Waals surface area contributed by atoms with Gasteiger partial charge in [-0.3, -0.25) is 9.78 Å². The fourth-order valence-corrected chi connectivity index (χ4v) is 1.37. The van der Waals surface area contributed by atoms with Crippen LogP contribution in [-0.2, 0) is 0 Å². The number of anilines is 1. The van der Waals surface area contributed by atoms with E-state index in [9.17, 15) is 4.79 Å². The first-order chi connectivity index (χ1) is 8.15. The second-order valence-electron chi connectivity index (χ2n) is 3.51. The Morgan fingerprint density at radius 3 is 2.59 bits per heavy atom. The predicted octanol–water partition coefficient (Wildman–Crippen LogP) is 2.69. The topological polar surface area (TPSA) is 54.9 Å². The second-order valence-corrected chi connectivity index (χ2v) is 3.90. The highest BCUT2D eigenvalue weighted by Crippen LogP contribution is 2.10. The normalized spacial score (nSPS) is 10.0. The number of rotatable bonds is 2. The fourth-order valence-electron chi connectivity index (χ4n) is 1.26. The standard InChI is InChI=1S/C12H10ClN3O/c1-8-2-4-10(7-14-8)16-12(17)9-3-5-11(13)15-6-9/h2-7H,1H3,(H,16,17). The van der Waals surface area contributed by atoms with Gasteiger partial charge in [0, 0.05) is 11.9 Å². The van der Waals surface area contributed by atoms with Crippen LogP contribution >= 0.6 is 11.6 Å². The number of halogens is 1. The highest BCUT2D eigenvalue weighted by Gasteiger charge is 2.06. The summed E-state index contributed by atoms with van der Waals surface area (Å²) in [7, 11) is 0. The number of aryl methyl sites for hydroxylation is 1. The Labute approximate surface area is 104 Å². The van der Waals surface area contributed by atoms with Crippen LogP contribution in [-0.4, -0.2) is 15.9 Å². The molecule has 1 N–H and O–H groups in total. The maximum absolute atomic E-state index is 11.8. The van der Waals surface area contributed by atoms with Gasteiger partial charge in [0.2, 0.25) is 0 Å². The molecule has 2 aromatic heterocycles. The van der Waals surface area contributed by atoms with E-state index < -0.39 is 0 Å². The third-order valence-electron chi connectivity index (χ3n) is 2.16. The highest BCUT2D eigenvalue weighted by atomic mass is 35.5. The minimum atomic E-state index is -0.236. The van der Waals surface area contributed by atoms with E-state index in [1.807, 2.05) is 13.0 Å². The van der Waals surface area contributed by atoms with Gasteiger partial charge in [-0.25, -0.2) is 4.98 Å². The molecule has 0 radical (unpaired) electrons. The van der Waals surface area contributed by atoms with E-state index in [2.05, 4.69) is 15.3 Å². The molecule has 0 saturated carbocycles. The van der Waals surface area contributed by atoms with Crippen molar-refractivity contribution in [1.29, 1.82) is 0 Å². The molecule has 2 rings (SSSR count). The molecule has 0 saturated heterocycles. The molecular weight excluding hydrogens is 238 g/mol. The molecule has 2 heterocycles.